The highest BCUT2D eigenvalue weighted by molar-refractivity contribution is 7.92. The van der Waals surface area contributed by atoms with Gasteiger partial charge < -0.3 is 10.6 Å². The van der Waals surface area contributed by atoms with Crippen molar-refractivity contribution >= 4 is 32.4 Å². The lowest BCUT2D eigenvalue weighted by atomic mass is 9.85. The minimum absolute atomic E-state index is 0.0322. The fraction of sp³-hybridized carbons (Fsp3) is 0.714. The van der Waals surface area contributed by atoms with Crippen LogP contribution in [0, 0.1) is 5.92 Å². The Kier molecular flexibility index (Phi) is 4.80. The second-order valence-corrected chi connectivity index (χ2v) is 9.29. The van der Waals surface area contributed by atoms with Crippen molar-refractivity contribution in [3.63, 3.8) is 0 Å². The molecular weight excluding hydrogens is 355 g/mol. The zero-order chi connectivity index (χ0) is 17.5. The number of nitrogens with two attached hydrogens (primary N) is 1. The number of fused-ring (bicyclic) bond motifs is 1. The third-order valence-electron chi connectivity index (χ3n) is 4.49. The van der Waals surface area contributed by atoms with Gasteiger partial charge in [-0.25, -0.2) is 17.8 Å². The Morgan fingerprint density at radius 3 is 2.88 bits per heavy atom. The molecule has 1 aromatic heterocycles. The first-order valence-corrected chi connectivity index (χ1v) is 10.6. The predicted molar refractivity (Wildman–Crippen MR) is 90.2 cm³/mol. The molecule has 1 amide bonds. The first kappa shape index (κ1) is 17.6. The lowest BCUT2D eigenvalue weighted by molar-refractivity contribution is -0.133. The average Bonchev–Trinajstić information content (AvgIpc) is 3.08. The summed E-state index contributed by atoms with van der Waals surface area (Å²) < 4.78 is 38.3. The summed E-state index contributed by atoms with van der Waals surface area (Å²) in [6.45, 7) is 0.558. The van der Waals surface area contributed by atoms with Crippen LogP contribution in [-0.2, 0) is 27.7 Å². The van der Waals surface area contributed by atoms with Gasteiger partial charge in [-0.15, -0.1) is 11.3 Å². The summed E-state index contributed by atoms with van der Waals surface area (Å²) in [5.74, 6) is -0.224. The van der Waals surface area contributed by atoms with E-state index in [9.17, 15) is 17.6 Å². The van der Waals surface area contributed by atoms with Gasteiger partial charge in [-0.05, 0) is 31.6 Å². The first-order valence-electron chi connectivity index (χ1n) is 7.88. The summed E-state index contributed by atoms with van der Waals surface area (Å²) in [6.07, 6.45) is 2.48. The summed E-state index contributed by atoms with van der Waals surface area (Å²) >= 11 is 1.29. The monoisotopic (exact) mass is 376 g/mol. The number of anilines is 1. The number of hydrogen-bond acceptors (Lipinski definition) is 6. The second kappa shape index (κ2) is 6.57. The van der Waals surface area contributed by atoms with Gasteiger partial charge in [0.1, 0.15) is 6.17 Å². The molecule has 1 aliphatic heterocycles. The number of carbonyl (C=O) groups is 1. The number of hydrogen-bond donors (Lipinski definition) is 2. The molecule has 2 aliphatic rings. The lowest BCUT2D eigenvalue weighted by Crippen LogP contribution is -2.48. The van der Waals surface area contributed by atoms with E-state index in [4.69, 9.17) is 5.73 Å². The summed E-state index contributed by atoms with van der Waals surface area (Å²) in [4.78, 5) is 19.2. The molecule has 0 spiro atoms. The largest absolute Gasteiger partial charge is 0.338 e. The van der Waals surface area contributed by atoms with E-state index in [-0.39, 0.29) is 18.4 Å². The Balaban J connectivity index is 1.67. The number of nitrogens with zero attached hydrogens (tertiary/aromatic N) is 2. The fourth-order valence-electron chi connectivity index (χ4n) is 3.24. The van der Waals surface area contributed by atoms with Crippen LogP contribution >= 0.6 is 11.3 Å². The second-order valence-electron chi connectivity index (χ2n) is 6.46. The van der Waals surface area contributed by atoms with E-state index in [1.54, 1.807) is 0 Å². The highest BCUT2D eigenvalue weighted by Crippen LogP contribution is 2.34. The van der Waals surface area contributed by atoms with E-state index < -0.39 is 22.2 Å². The molecule has 0 aromatic carbocycles. The van der Waals surface area contributed by atoms with Crippen molar-refractivity contribution in [3.8, 4) is 0 Å². The van der Waals surface area contributed by atoms with Gasteiger partial charge >= 0.3 is 0 Å². The molecule has 10 heteroatoms. The van der Waals surface area contributed by atoms with Crippen molar-refractivity contribution in [1.82, 2.24) is 9.88 Å². The molecular formula is C14H21FN4O3S2. The molecule has 1 aliphatic carbocycles. The standard InChI is InChI=1S/C14H21FN4O3S2/c1-24(21,22)18-14-17-10-3-2-8(6-11(10)23-14)12(16)13(20)19-5-4-9(15)7-19/h8-9,12H,2-7,16H2,1H3,(H,17,18)/t8?,9?,12-/m0/s1. The summed E-state index contributed by atoms with van der Waals surface area (Å²) in [7, 11) is -3.36. The van der Waals surface area contributed by atoms with Crippen molar-refractivity contribution < 1.29 is 17.6 Å². The molecule has 24 heavy (non-hydrogen) atoms. The van der Waals surface area contributed by atoms with Gasteiger partial charge in [-0.3, -0.25) is 9.52 Å². The van der Waals surface area contributed by atoms with Crippen LogP contribution in [0.3, 0.4) is 0 Å². The van der Waals surface area contributed by atoms with Gasteiger partial charge in [0, 0.05) is 11.4 Å². The van der Waals surface area contributed by atoms with Crippen molar-refractivity contribution in [2.45, 2.75) is 37.9 Å². The van der Waals surface area contributed by atoms with E-state index >= 15 is 0 Å². The number of amides is 1. The van der Waals surface area contributed by atoms with Crippen LogP contribution in [0.4, 0.5) is 9.52 Å². The van der Waals surface area contributed by atoms with Crippen molar-refractivity contribution in [1.29, 1.82) is 0 Å². The number of nitrogens with one attached hydrogen (secondary N) is 1. The topological polar surface area (TPSA) is 105 Å². The molecule has 3 rings (SSSR count). The first-order chi connectivity index (χ1) is 11.2. The maximum Gasteiger partial charge on any atom is 0.239 e. The SMILES string of the molecule is CS(=O)(=O)Nc1nc2c(s1)CC([C@H](N)C(=O)N1CCC(F)C1)CC2. The molecule has 3 atom stereocenters. The highest BCUT2D eigenvalue weighted by atomic mass is 32.2. The van der Waals surface area contributed by atoms with Gasteiger partial charge in [0.2, 0.25) is 15.9 Å². The highest BCUT2D eigenvalue weighted by Gasteiger charge is 2.35. The molecule has 0 radical (unpaired) electrons. The van der Waals surface area contributed by atoms with E-state index in [0.29, 0.717) is 30.9 Å². The summed E-state index contributed by atoms with van der Waals surface area (Å²) in [6, 6.07) is -0.656. The van der Waals surface area contributed by atoms with Crippen LogP contribution in [0.15, 0.2) is 0 Å². The minimum atomic E-state index is -3.36. The van der Waals surface area contributed by atoms with E-state index in [1.807, 2.05) is 0 Å². The summed E-state index contributed by atoms with van der Waals surface area (Å²) in [5, 5.41) is 0.350. The Morgan fingerprint density at radius 2 is 2.25 bits per heavy atom. The van der Waals surface area contributed by atoms with Crippen molar-refractivity contribution in [2.24, 2.45) is 11.7 Å². The zero-order valence-electron chi connectivity index (χ0n) is 13.4. The molecule has 3 N–H and O–H groups in total. The molecule has 2 unspecified atom stereocenters. The molecule has 0 bridgehead atoms. The van der Waals surface area contributed by atoms with E-state index in [2.05, 4.69) is 9.71 Å². The normalized spacial score (nSPS) is 25.4. The number of aryl methyl sites for hydroxylation is 1. The predicted octanol–water partition coefficient (Wildman–Crippen LogP) is 0.517. The molecule has 7 nitrogen and oxygen atoms in total. The van der Waals surface area contributed by atoms with Crippen LogP contribution < -0.4 is 10.5 Å². The molecule has 1 fully saturated rings. The van der Waals surface area contributed by atoms with Crippen LogP contribution in [0.25, 0.3) is 0 Å². The number of thiazole rings is 1. The Labute approximate surface area is 144 Å². The number of likely N-dealkylation sites (tertiary alicyclic amines) is 1. The number of sulfonamides is 1. The van der Waals surface area contributed by atoms with Crippen LogP contribution in [0.1, 0.15) is 23.4 Å². The minimum Gasteiger partial charge on any atom is -0.338 e. The van der Waals surface area contributed by atoms with Crippen LogP contribution in [0.5, 0.6) is 0 Å². The average molecular weight is 376 g/mol. The molecule has 1 aromatic rings. The molecule has 134 valence electrons. The number of rotatable bonds is 4. The Morgan fingerprint density at radius 1 is 1.50 bits per heavy atom. The van der Waals surface area contributed by atoms with Crippen molar-refractivity contribution in [3.05, 3.63) is 10.6 Å². The van der Waals surface area contributed by atoms with Gasteiger partial charge in [-0.2, -0.15) is 0 Å². The third-order valence-corrected chi connectivity index (χ3v) is 6.21. The lowest BCUT2D eigenvalue weighted by Gasteiger charge is -2.29. The number of carbonyl (C=O) groups excluding carboxylic acids is 1. The van der Waals surface area contributed by atoms with Crippen LogP contribution in [0.2, 0.25) is 0 Å². The molecule has 0 saturated carbocycles. The Hall–Kier alpha value is -1.26. The molecule has 2 heterocycles. The number of halogens is 1. The van der Waals surface area contributed by atoms with Gasteiger partial charge in [0.15, 0.2) is 5.13 Å². The van der Waals surface area contributed by atoms with Crippen molar-refractivity contribution in [2.75, 3.05) is 24.1 Å². The van der Waals surface area contributed by atoms with Crippen LogP contribution in [-0.4, -0.2) is 55.8 Å². The third kappa shape index (κ3) is 3.86. The quantitative estimate of drug-likeness (QED) is 0.797. The van der Waals surface area contributed by atoms with E-state index in [0.717, 1.165) is 23.2 Å². The maximum atomic E-state index is 13.3. The fourth-order valence-corrected chi connectivity index (χ4v) is 5.18. The number of aromatic nitrogens is 1. The molecule has 1 saturated heterocycles. The zero-order valence-corrected chi connectivity index (χ0v) is 15.0. The smallest absolute Gasteiger partial charge is 0.239 e. The maximum absolute atomic E-state index is 13.3. The van der Waals surface area contributed by atoms with Gasteiger partial charge in [0.05, 0.1) is 24.5 Å². The van der Waals surface area contributed by atoms with Gasteiger partial charge in [0.25, 0.3) is 0 Å². The Bertz CT molecular complexity index is 736. The van der Waals surface area contributed by atoms with Gasteiger partial charge in [-0.1, -0.05) is 0 Å². The number of alkyl halides is 1. The summed E-state index contributed by atoms with van der Waals surface area (Å²) in [5.41, 5.74) is 7.01. The van der Waals surface area contributed by atoms with E-state index in [1.165, 1.54) is 16.2 Å².